The second-order valence-electron chi connectivity index (χ2n) is 8.07. The Morgan fingerprint density at radius 3 is 3.03 bits per heavy atom. The van der Waals surface area contributed by atoms with Crippen LogP contribution in [-0.2, 0) is 0 Å². The van der Waals surface area contributed by atoms with Gasteiger partial charge in [0.2, 0.25) is 17.9 Å². The van der Waals surface area contributed by atoms with Gasteiger partial charge in [-0.05, 0) is 30.9 Å². The lowest BCUT2D eigenvalue weighted by molar-refractivity contribution is -0.365. The lowest BCUT2D eigenvalue weighted by Gasteiger charge is -2.30. The van der Waals surface area contributed by atoms with Crippen molar-refractivity contribution in [3.63, 3.8) is 0 Å². The molecule has 1 aliphatic carbocycles. The van der Waals surface area contributed by atoms with Crippen LogP contribution in [0.15, 0.2) is 53.9 Å². The second kappa shape index (κ2) is 7.23. The van der Waals surface area contributed by atoms with Gasteiger partial charge in [0.15, 0.2) is 0 Å². The van der Waals surface area contributed by atoms with Crippen LogP contribution in [0.25, 0.3) is 11.0 Å². The predicted octanol–water partition coefficient (Wildman–Crippen LogP) is 3.58. The van der Waals surface area contributed by atoms with Gasteiger partial charge in [-0.2, -0.15) is 0 Å². The number of nitrogens with zero attached hydrogens (tertiary/aromatic N) is 4. The second-order valence-corrected chi connectivity index (χ2v) is 8.07. The number of H-pyrrole nitrogens is 2. The number of fused-ring (bicyclic) bond motifs is 2. The average Bonchev–Trinajstić information content (AvgIpc) is 3.38. The molecule has 1 aromatic carbocycles. The maximum absolute atomic E-state index is 6.04. The van der Waals surface area contributed by atoms with Crippen molar-refractivity contribution in [1.29, 1.82) is 0 Å². The van der Waals surface area contributed by atoms with Crippen LogP contribution < -0.4 is 14.5 Å². The summed E-state index contributed by atoms with van der Waals surface area (Å²) in [5, 5.41) is 5.55. The fourth-order valence-electron chi connectivity index (χ4n) is 4.27. The molecule has 156 valence electrons. The fourth-order valence-corrected chi connectivity index (χ4v) is 4.27. The molecule has 2 aliphatic rings. The van der Waals surface area contributed by atoms with Gasteiger partial charge in [-0.25, -0.2) is 4.98 Å². The van der Waals surface area contributed by atoms with Crippen LogP contribution >= 0.6 is 0 Å². The highest BCUT2D eigenvalue weighted by Gasteiger charge is 2.33. The predicted molar refractivity (Wildman–Crippen MR) is 115 cm³/mol. The summed E-state index contributed by atoms with van der Waals surface area (Å²) in [6.07, 6.45) is 8.09. The van der Waals surface area contributed by atoms with Crippen LogP contribution in [-0.4, -0.2) is 39.7 Å². The summed E-state index contributed by atoms with van der Waals surface area (Å²) in [6.45, 7) is 0.504. The Morgan fingerprint density at radius 2 is 2.19 bits per heavy atom. The summed E-state index contributed by atoms with van der Waals surface area (Å²) in [7, 11) is 1.62. The summed E-state index contributed by atoms with van der Waals surface area (Å²) in [6, 6.07) is 12.1. The zero-order valence-electron chi connectivity index (χ0n) is 17.2. The third-order valence-electron chi connectivity index (χ3n) is 6.08. The van der Waals surface area contributed by atoms with Gasteiger partial charge in [-0.3, -0.25) is 4.68 Å². The van der Waals surface area contributed by atoms with Gasteiger partial charge < -0.3 is 14.5 Å². The summed E-state index contributed by atoms with van der Waals surface area (Å²) in [4.78, 5) is 16.0. The SMILES string of the molecule is COc1ccn([C@H]2COc3ccccc3C2/C=N\c2[nH+]cnc3[nH]c(C4CC4)cc23)n1. The molecule has 8 nitrogen and oxygen atoms in total. The largest absolute Gasteiger partial charge is 0.491 e. The molecule has 2 atom stereocenters. The van der Waals surface area contributed by atoms with Crippen molar-refractivity contribution >= 4 is 23.1 Å². The van der Waals surface area contributed by atoms with E-state index in [1.54, 1.807) is 13.4 Å². The van der Waals surface area contributed by atoms with Gasteiger partial charge in [-0.15, -0.1) is 10.1 Å². The number of hydrogen-bond donors (Lipinski definition) is 1. The number of benzene rings is 1. The number of ether oxygens (including phenoxy) is 2. The van der Waals surface area contributed by atoms with Crippen molar-refractivity contribution < 1.29 is 14.5 Å². The average molecular weight is 415 g/mol. The normalized spacial score (nSPS) is 20.7. The first kappa shape index (κ1) is 18.1. The Kier molecular flexibility index (Phi) is 4.22. The van der Waals surface area contributed by atoms with Crippen LogP contribution in [0.3, 0.4) is 0 Å². The molecule has 6 rings (SSSR count). The minimum absolute atomic E-state index is 0.00647. The Hall–Kier alpha value is -3.68. The van der Waals surface area contributed by atoms with Crippen LogP contribution in [0.2, 0.25) is 0 Å². The molecule has 2 N–H and O–H groups in total. The molecule has 1 aliphatic heterocycles. The molecule has 1 saturated carbocycles. The summed E-state index contributed by atoms with van der Waals surface area (Å²) < 4.78 is 13.2. The number of hydrogen-bond acceptors (Lipinski definition) is 5. The van der Waals surface area contributed by atoms with Crippen molar-refractivity contribution in [3.05, 3.63) is 60.2 Å². The molecular formula is C23H23N6O2+. The maximum Gasteiger partial charge on any atom is 0.272 e. The van der Waals surface area contributed by atoms with Crippen molar-refractivity contribution in [2.24, 2.45) is 4.99 Å². The van der Waals surface area contributed by atoms with Gasteiger partial charge in [0.05, 0.1) is 25.3 Å². The Balaban J connectivity index is 1.40. The number of aromatic amines is 2. The van der Waals surface area contributed by atoms with Gasteiger partial charge >= 0.3 is 0 Å². The fraction of sp³-hybridized carbons (Fsp3) is 0.304. The van der Waals surface area contributed by atoms with Gasteiger partial charge in [0.1, 0.15) is 17.7 Å². The third-order valence-corrected chi connectivity index (χ3v) is 6.08. The molecule has 31 heavy (non-hydrogen) atoms. The van der Waals surface area contributed by atoms with E-state index in [0.717, 1.165) is 28.2 Å². The van der Waals surface area contributed by atoms with Gasteiger partial charge in [0, 0.05) is 23.5 Å². The molecule has 4 heterocycles. The first-order valence-corrected chi connectivity index (χ1v) is 10.5. The quantitative estimate of drug-likeness (QED) is 0.505. The Morgan fingerprint density at radius 1 is 1.29 bits per heavy atom. The summed E-state index contributed by atoms with van der Waals surface area (Å²) >= 11 is 0. The minimum Gasteiger partial charge on any atom is -0.491 e. The van der Waals surface area contributed by atoms with E-state index in [1.807, 2.05) is 41.4 Å². The van der Waals surface area contributed by atoms with E-state index in [0.29, 0.717) is 18.4 Å². The number of methoxy groups -OCH3 is 1. The third kappa shape index (κ3) is 3.24. The van der Waals surface area contributed by atoms with E-state index in [-0.39, 0.29) is 12.0 Å². The highest BCUT2D eigenvalue weighted by molar-refractivity contribution is 5.87. The molecule has 0 saturated heterocycles. The first-order valence-electron chi connectivity index (χ1n) is 10.5. The molecule has 8 heteroatoms. The van der Waals surface area contributed by atoms with Gasteiger partial charge in [0.25, 0.3) is 5.82 Å². The molecule has 0 spiro atoms. The molecule has 1 fully saturated rings. The number of aromatic nitrogens is 5. The van der Waals surface area contributed by atoms with E-state index >= 15 is 0 Å². The summed E-state index contributed by atoms with van der Waals surface area (Å²) in [5.74, 6) is 2.89. The highest BCUT2D eigenvalue weighted by atomic mass is 16.5. The van der Waals surface area contributed by atoms with Crippen LogP contribution in [0.4, 0.5) is 5.82 Å². The standard InChI is InChI=1S/C23H22N6O2/c1-30-21-8-9-29(28-21)19-12-31-20-5-3-2-4-15(20)17(19)11-24-22-16-10-18(14-6-7-14)27-23(16)26-13-25-22/h2-5,8-11,13-14,17,19H,6-7,12H2,1H3,(H,25,26,27)/p+1/b24-11-/t17?,19-/m0/s1. The number of para-hydroxylation sites is 1. The molecular weight excluding hydrogens is 392 g/mol. The van der Waals surface area contributed by atoms with E-state index in [2.05, 4.69) is 32.2 Å². The van der Waals surface area contributed by atoms with Crippen molar-refractivity contribution in [2.75, 3.05) is 13.7 Å². The van der Waals surface area contributed by atoms with E-state index in [4.69, 9.17) is 14.5 Å². The molecule has 0 amide bonds. The summed E-state index contributed by atoms with van der Waals surface area (Å²) in [5.41, 5.74) is 3.21. The van der Waals surface area contributed by atoms with Crippen molar-refractivity contribution in [3.8, 4) is 11.6 Å². The van der Waals surface area contributed by atoms with Crippen LogP contribution in [0.1, 0.15) is 42.0 Å². The Labute approximate surface area is 179 Å². The lowest BCUT2D eigenvalue weighted by Crippen LogP contribution is -2.30. The monoisotopic (exact) mass is 415 g/mol. The number of nitrogens with one attached hydrogen (secondary N) is 2. The van der Waals surface area contributed by atoms with Crippen LogP contribution in [0.5, 0.6) is 11.6 Å². The van der Waals surface area contributed by atoms with Crippen LogP contribution in [0, 0.1) is 0 Å². The molecule has 3 aromatic heterocycles. The highest BCUT2D eigenvalue weighted by Crippen LogP contribution is 2.41. The van der Waals surface area contributed by atoms with Crippen molar-refractivity contribution in [1.82, 2.24) is 19.7 Å². The zero-order valence-corrected chi connectivity index (χ0v) is 17.2. The number of rotatable bonds is 5. The molecule has 4 aromatic rings. The van der Waals surface area contributed by atoms with E-state index in [9.17, 15) is 0 Å². The Bertz CT molecular complexity index is 1270. The maximum atomic E-state index is 6.04. The topological polar surface area (TPSA) is 91.5 Å². The molecule has 1 unspecified atom stereocenters. The minimum atomic E-state index is -0.0341. The van der Waals surface area contributed by atoms with E-state index in [1.165, 1.54) is 18.5 Å². The van der Waals surface area contributed by atoms with Crippen molar-refractivity contribution in [2.45, 2.75) is 30.7 Å². The first-order chi connectivity index (χ1) is 15.3. The number of aliphatic imine (C=N–C) groups is 1. The molecule has 0 radical (unpaired) electrons. The zero-order chi connectivity index (χ0) is 20.8. The lowest BCUT2D eigenvalue weighted by atomic mass is 9.90. The van der Waals surface area contributed by atoms with E-state index < -0.39 is 0 Å². The smallest absolute Gasteiger partial charge is 0.272 e. The molecule has 0 bridgehead atoms. The van der Waals surface area contributed by atoms with Gasteiger partial charge in [-0.1, -0.05) is 23.2 Å².